The van der Waals surface area contributed by atoms with Crippen LogP contribution in [0.25, 0.3) is 0 Å². The number of hydrogen-bond acceptors (Lipinski definition) is 8. The minimum absolute atomic E-state index is 0.0762. The van der Waals surface area contributed by atoms with Gasteiger partial charge in [0.15, 0.2) is 0 Å². The lowest BCUT2D eigenvalue weighted by Gasteiger charge is -2.32. The van der Waals surface area contributed by atoms with Crippen molar-refractivity contribution in [3.8, 4) is 0 Å². The number of unbranched alkanes of at least 4 members (excludes halogenated alkanes) is 1. The smallest absolute Gasteiger partial charge is 0.408 e. The quantitative estimate of drug-likeness (QED) is 0.205. The zero-order valence-electron chi connectivity index (χ0n) is 20.6. The Morgan fingerprint density at radius 2 is 1.65 bits per heavy atom. The molecule has 0 aliphatic carbocycles. The number of Topliss-reactive ketones (excluding diaryl/α,β-unsaturated/α-hetero) is 1. The van der Waals surface area contributed by atoms with Gasteiger partial charge < -0.3 is 20.0 Å². The molecule has 34 heavy (non-hydrogen) atoms. The van der Waals surface area contributed by atoms with Crippen LogP contribution in [0.15, 0.2) is 34.2 Å². The van der Waals surface area contributed by atoms with Crippen LogP contribution < -0.4 is 11.1 Å². The molecule has 0 aliphatic heterocycles. The van der Waals surface area contributed by atoms with Gasteiger partial charge in [-0.1, -0.05) is 17.7 Å². The van der Waals surface area contributed by atoms with Crippen LogP contribution in [0.4, 0.5) is 4.79 Å². The molecule has 3 N–H and O–H groups in total. The van der Waals surface area contributed by atoms with E-state index in [1.807, 2.05) is 0 Å². The molecule has 0 heterocycles. The van der Waals surface area contributed by atoms with Crippen molar-refractivity contribution in [3.05, 3.63) is 29.8 Å². The molecule has 1 aromatic carbocycles. The van der Waals surface area contributed by atoms with Crippen molar-refractivity contribution < 1.29 is 31.7 Å². The lowest BCUT2D eigenvalue weighted by molar-refractivity contribution is -0.144. The summed E-state index contributed by atoms with van der Waals surface area (Å²) in [5.41, 5.74) is 3.50. The van der Waals surface area contributed by atoms with E-state index in [1.165, 1.54) is 19.1 Å². The second kappa shape index (κ2) is 12.0. The third-order valence-corrected chi connectivity index (χ3v) is 5.77. The van der Waals surface area contributed by atoms with Crippen LogP contribution in [-0.4, -0.2) is 49.8 Å². The van der Waals surface area contributed by atoms with Crippen LogP contribution in [0.1, 0.15) is 65.9 Å². The van der Waals surface area contributed by atoms with E-state index in [2.05, 4.69) is 10.3 Å². The number of ether oxygens (including phenoxy) is 1. The number of aliphatic imine (C=N–C) groups is 1. The number of carbonyl (C=O) groups is 3. The number of hydrogen-bond donors (Lipinski definition) is 2. The summed E-state index contributed by atoms with van der Waals surface area (Å²) in [7, 11) is -4.50. The largest absolute Gasteiger partial charge is 0.444 e. The molecule has 0 radical (unpaired) electrons. The Labute approximate surface area is 201 Å². The maximum atomic E-state index is 13.3. The molecule has 0 aliphatic rings. The Kier molecular flexibility index (Phi) is 10.2. The van der Waals surface area contributed by atoms with Crippen molar-refractivity contribution in [2.24, 2.45) is 10.7 Å². The minimum Gasteiger partial charge on any atom is -0.444 e. The first-order chi connectivity index (χ1) is 15.6. The number of nitrogens with two attached hydrogens (primary N) is 1. The summed E-state index contributed by atoms with van der Waals surface area (Å²) in [4.78, 5) is 41.8. The van der Waals surface area contributed by atoms with Gasteiger partial charge in [-0.3, -0.25) is 9.79 Å². The lowest BCUT2D eigenvalue weighted by Crippen LogP contribution is -2.57. The highest BCUT2D eigenvalue weighted by atomic mass is 32.2. The Bertz CT molecular complexity index is 1010. The normalized spacial score (nSPS) is 14.1. The molecule has 1 unspecified atom stereocenters. The maximum Gasteiger partial charge on any atom is 0.408 e. The van der Waals surface area contributed by atoms with E-state index >= 15 is 0 Å². The van der Waals surface area contributed by atoms with Crippen molar-refractivity contribution in [1.82, 2.24) is 5.32 Å². The number of carbonyl (C=O) groups excluding carboxylic acids is 3. The average molecular weight is 498 g/mol. The van der Waals surface area contributed by atoms with Crippen LogP contribution in [0.3, 0.4) is 0 Å². The molecule has 0 aromatic heterocycles. The van der Waals surface area contributed by atoms with Crippen molar-refractivity contribution >= 4 is 33.8 Å². The van der Waals surface area contributed by atoms with Crippen LogP contribution in [0.2, 0.25) is 0 Å². The van der Waals surface area contributed by atoms with Crippen LogP contribution >= 0.6 is 0 Å². The van der Waals surface area contributed by atoms with Gasteiger partial charge in [-0.2, -0.15) is 8.42 Å². The SMILES string of the molecule is CC(=O)CC(CCCCN=C(C)N)(NC(=O)OC(C)(C)C)C(=O)OS(=O)(=O)c1ccc(C)cc1. The number of nitrogens with zero attached hydrogens (tertiary/aromatic N) is 1. The molecule has 11 heteroatoms. The topological polar surface area (TPSA) is 154 Å². The number of nitrogens with one attached hydrogen (secondary N) is 1. The van der Waals surface area contributed by atoms with Gasteiger partial charge in [0.1, 0.15) is 21.8 Å². The molecule has 0 saturated carbocycles. The molecule has 0 saturated heterocycles. The van der Waals surface area contributed by atoms with Crippen LogP contribution in [-0.2, 0) is 28.6 Å². The van der Waals surface area contributed by atoms with E-state index in [1.54, 1.807) is 46.8 Å². The minimum atomic E-state index is -4.50. The molecule has 0 fully saturated rings. The molecule has 0 bridgehead atoms. The van der Waals surface area contributed by atoms with Gasteiger partial charge in [0, 0.05) is 13.0 Å². The second-order valence-electron chi connectivity index (χ2n) is 9.21. The fraction of sp³-hybridized carbons (Fsp3) is 0.565. The van der Waals surface area contributed by atoms with Crippen molar-refractivity contribution in [1.29, 1.82) is 0 Å². The van der Waals surface area contributed by atoms with E-state index in [9.17, 15) is 22.8 Å². The maximum absolute atomic E-state index is 13.3. The van der Waals surface area contributed by atoms with Gasteiger partial charge in [0.05, 0.1) is 5.84 Å². The predicted octanol–water partition coefficient (Wildman–Crippen LogP) is 3.02. The molecule has 1 aromatic rings. The van der Waals surface area contributed by atoms with Gasteiger partial charge in [0.2, 0.25) is 0 Å². The van der Waals surface area contributed by atoms with E-state index in [-0.39, 0.29) is 11.3 Å². The third-order valence-electron chi connectivity index (χ3n) is 4.55. The Morgan fingerprint density at radius 3 is 2.15 bits per heavy atom. The van der Waals surface area contributed by atoms with Crippen molar-refractivity contribution in [2.45, 2.75) is 83.3 Å². The highest BCUT2D eigenvalue weighted by Crippen LogP contribution is 2.26. The summed E-state index contributed by atoms with van der Waals surface area (Å²) in [6, 6.07) is 5.73. The zero-order chi connectivity index (χ0) is 26.2. The van der Waals surface area contributed by atoms with Gasteiger partial charge in [-0.05, 0) is 72.9 Å². The monoisotopic (exact) mass is 497 g/mol. The summed E-state index contributed by atoms with van der Waals surface area (Å²) in [5.74, 6) is -1.32. The van der Waals surface area contributed by atoms with Gasteiger partial charge in [-0.15, -0.1) is 0 Å². The highest BCUT2D eigenvalue weighted by Gasteiger charge is 2.45. The zero-order valence-corrected chi connectivity index (χ0v) is 21.5. The van der Waals surface area contributed by atoms with E-state index in [0.717, 1.165) is 5.56 Å². The molecular weight excluding hydrogens is 462 g/mol. The summed E-state index contributed by atoms with van der Waals surface area (Å²) < 4.78 is 35.7. The highest BCUT2D eigenvalue weighted by molar-refractivity contribution is 7.87. The molecule has 1 rings (SSSR count). The number of benzene rings is 1. The summed E-state index contributed by atoms with van der Waals surface area (Å²) >= 11 is 0. The van der Waals surface area contributed by atoms with Gasteiger partial charge in [-0.25, -0.2) is 9.59 Å². The molecular formula is C23H35N3O7S. The summed E-state index contributed by atoms with van der Waals surface area (Å²) in [6.45, 7) is 9.90. The molecule has 1 amide bonds. The molecule has 190 valence electrons. The van der Waals surface area contributed by atoms with E-state index in [0.29, 0.717) is 25.2 Å². The number of alkyl carbamates (subject to hydrolysis) is 1. The predicted molar refractivity (Wildman–Crippen MR) is 128 cm³/mol. The van der Waals surface area contributed by atoms with Crippen molar-refractivity contribution in [2.75, 3.05) is 6.54 Å². The third kappa shape index (κ3) is 9.90. The fourth-order valence-corrected chi connectivity index (χ4v) is 4.00. The Hall–Kier alpha value is -2.95. The first-order valence-corrected chi connectivity index (χ1v) is 12.3. The second-order valence-corrected chi connectivity index (χ2v) is 10.8. The summed E-state index contributed by atoms with van der Waals surface area (Å²) in [5, 5.41) is 2.42. The van der Waals surface area contributed by atoms with E-state index < -0.39 is 45.5 Å². The first kappa shape index (κ1) is 29.1. The number of aryl methyl sites for hydroxylation is 1. The fourth-order valence-electron chi connectivity index (χ4n) is 3.07. The number of amidine groups is 1. The Balaban J connectivity index is 3.29. The number of ketones is 1. The molecule has 1 atom stereocenters. The lowest BCUT2D eigenvalue weighted by atomic mass is 9.87. The van der Waals surface area contributed by atoms with E-state index in [4.69, 9.17) is 14.7 Å². The molecule has 10 nitrogen and oxygen atoms in total. The van der Waals surface area contributed by atoms with Crippen LogP contribution in [0, 0.1) is 6.92 Å². The van der Waals surface area contributed by atoms with Crippen LogP contribution in [0.5, 0.6) is 0 Å². The van der Waals surface area contributed by atoms with Gasteiger partial charge in [0.25, 0.3) is 0 Å². The average Bonchev–Trinajstić information content (AvgIpc) is 2.65. The van der Waals surface area contributed by atoms with Crippen molar-refractivity contribution in [3.63, 3.8) is 0 Å². The standard InChI is InChI=1S/C23H35N3O7S/c1-16-9-11-19(12-10-16)34(30,31)33-20(28)23(15-17(2)27,13-7-8-14-25-18(3)24)26-21(29)32-22(4,5)6/h9-12H,7-8,13-15H2,1-6H3,(H2,24,25)(H,26,29). The Morgan fingerprint density at radius 1 is 1.06 bits per heavy atom. The van der Waals surface area contributed by atoms with Gasteiger partial charge >= 0.3 is 22.2 Å². The molecule has 0 spiro atoms. The first-order valence-electron chi connectivity index (χ1n) is 10.9. The number of amides is 1. The summed E-state index contributed by atoms with van der Waals surface area (Å²) in [6.07, 6.45) is -0.739. The number of rotatable bonds is 11.